The van der Waals surface area contributed by atoms with Crippen molar-refractivity contribution in [2.75, 3.05) is 4.72 Å². The standard InChI is InChI=1S/C19H14N4O2S2/c24-27(25,17-10-8-15(9-11-17)14-5-2-1-3-6-14)23-19-21-18(22-26-19)16-7-4-12-20-13-16/h1-13H,(H,21,22,23). The molecule has 0 aliphatic carbocycles. The van der Waals surface area contributed by atoms with E-state index in [-0.39, 0.29) is 10.0 Å². The predicted molar refractivity (Wildman–Crippen MR) is 106 cm³/mol. The van der Waals surface area contributed by atoms with E-state index in [4.69, 9.17) is 0 Å². The fourth-order valence-electron chi connectivity index (χ4n) is 2.51. The van der Waals surface area contributed by atoms with Crippen LogP contribution in [0.5, 0.6) is 0 Å². The molecule has 0 saturated carbocycles. The summed E-state index contributed by atoms with van der Waals surface area (Å²) < 4.78 is 31.9. The lowest BCUT2D eigenvalue weighted by Gasteiger charge is -2.06. The zero-order valence-electron chi connectivity index (χ0n) is 14.0. The molecular formula is C19H14N4O2S2. The molecular weight excluding hydrogens is 380 g/mol. The van der Waals surface area contributed by atoms with Crippen LogP contribution in [0.2, 0.25) is 0 Å². The van der Waals surface area contributed by atoms with Gasteiger partial charge in [-0.15, -0.1) is 0 Å². The van der Waals surface area contributed by atoms with Crippen molar-refractivity contribution in [3.63, 3.8) is 0 Å². The summed E-state index contributed by atoms with van der Waals surface area (Å²) in [4.78, 5) is 8.41. The lowest BCUT2D eigenvalue weighted by Crippen LogP contribution is -2.12. The monoisotopic (exact) mass is 394 g/mol. The highest BCUT2D eigenvalue weighted by molar-refractivity contribution is 7.93. The average molecular weight is 394 g/mol. The van der Waals surface area contributed by atoms with E-state index in [1.165, 1.54) is 0 Å². The Bertz CT molecular complexity index is 1140. The largest absolute Gasteiger partial charge is 0.264 e. The molecule has 8 heteroatoms. The second kappa shape index (κ2) is 7.26. The molecule has 0 radical (unpaired) electrons. The summed E-state index contributed by atoms with van der Waals surface area (Å²) in [5.41, 5.74) is 2.70. The summed E-state index contributed by atoms with van der Waals surface area (Å²) in [7, 11) is -3.74. The van der Waals surface area contributed by atoms with E-state index in [0.29, 0.717) is 5.82 Å². The van der Waals surface area contributed by atoms with Gasteiger partial charge in [0.15, 0.2) is 5.82 Å². The van der Waals surface area contributed by atoms with Crippen molar-refractivity contribution in [1.82, 2.24) is 14.3 Å². The predicted octanol–water partition coefficient (Wildman–Crippen LogP) is 4.07. The number of rotatable bonds is 5. The van der Waals surface area contributed by atoms with Crippen molar-refractivity contribution in [2.45, 2.75) is 4.90 Å². The van der Waals surface area contributed by atoms with E-state index in [1.807, 2.05) is 36.4 Å². The van der Waals surface area contributed by atoms with Crippen LogP contribution in [0.25, 0.3) is 22.5 Å². The Morgan fingerprint density at radius 2 is 1.52 bits per heavy atom. The molecule has 0 spiro atoms. The van der Waals surface area contributed by atoms with Crippen LogP contribution < -0.4 is 4.72 Å². The molecule has 1 N–H and O–H groups in total. The number of aromatic nitrogens is 3. The highest BCUT2D eigenvalue weighted by Crippen LogP contribution is 2.24. The summed E-state index contributed by atoms with van der Waals surface area (Å²) in [6, 6.07) is 20.1. The van der Waals surface area contributed by atoms with E-state index >= 15 is 0 Å². The molecule has 2 heterocycles. The maximum atomic E-state index is 12.6. The van der Waals surface area contributed by atoms with Gasteiger partial charge in [-0.2, -0.15) is 9.36 Å². The third kappa shape index (κ3) is 3.86. The molecule has 2 aromatic heterocycles. The Labute approximate surface area is 160 Å². The Morgan fingerprint density at radius 3 is 2.22 bits per heavy atom. The van der Waals surface area contributed by atoms with Crippen LogP contribution in [0.4, 0.5) is 5.13 Å². The number of hydrogen-bond acceptors (Lipinski definition) is 6. The maximum Gasteiger partial charge on any atom is 0.263 e. The van der Waals surface area contributed by atoms with Gasteiger partial charge in [-0.05, 0) is 35.4 Å². The van der Waals surface area contributed by atoms with Crippen molar-refractivity contribution in [2.24, 2.45) is 0 Å². The summed E-state index contributed by atoms with van der Waals surface area (Å²) in [6.45, 7) is 0. The van der Waals surface area contributed by atoms with Gasteiger partial charge in [0.05, 0.1) is 4.90 Å². The minimum absolute atomic E-state index is 0.167. The summed E-state index contributed by atoms with van der Waals surface area (Å²) >= 11 is 0.987. The van der Waals surface area contributed by atoms with E-state index in [2.05, 4.69) is 19.1 Å². The van der Waals surface area contributed by atoms with Crippen LogP contribution >= 0.6 is 11.5 Å². The average Bonchev–Trinajstić information content (AvgIpc) is 3.17. The number of nitrogens with one attached hydrogen (secondary N) is 1. The van der Waals surface area contributed by atoms with E-state index < -0.39 is 10.0 Å². The van der Waals surface area contributed by atoms with Crippen LogP contribution in [0, 0.1) is 0 Å². The van der Waals surface area contributed by atoms with Gasteiger partial charge >= 0.3 is 0 Å². The van der Waals surface area contributed by atoms with E-state index in [1.54, 1.807) is 42.7 Å². The Morgan fingerprint density at radius 1 is 0.815 bits per heavy atom. The van der Waals surface area contributed by atoms with Gasteiger partial charge in [-0.25, -0.2) is 8.42 Å². The quantitative estimate of drug-likeness (QED) is 0.552. The van der Waals surface area contributed by atoms with Gasteiger partial charge in [0.1, 0.15) is 0 Å². The first-order valence-electron chi connectivity index (χ1n) is 8.04. The van der Waals surface area contributed by atoms with Gasteiger partial charge in [0.25, 0.3) is 10.0 Å². The van der Waals surface area contributed by atoms with Crippen LogP contribution in [-0.4, -0.2) is 22.8 Å². The second-order valence-electron chi connectivity index (χ2n) is 5.66. The molecule has 0 bridgehead atoms. The van der Waals surface area contributed by atoms with Gasteiger partial charge < -0.3 is 0 Å². The molecule has 0 saturated heterocycles. The lowest BCUT2D eigenvalue weighted by molar-refractivity contribution is 0.601. The summed E-state index contributed by atoms with van der Waals surface area (Å²) in [6.07, 6.45) is 3.28. The second-order valence-corrected chi connectivity index (χ2v) is 8.09. The normalized spacial score (nSPS) is 11.3. The third-order valence-electron chi connectivity index (χ3n) is 3.84. The molecule has 0 aliphatic heterocycles. The fourth-order valence-corrected chi connectivity index (χ4v) is 4.32. The van der Waals surface area contributed by atoms with Crippen LogP contribution in [-0.2, 0) is 10.0 Å². The number of sulfonamides is 1. The van der Waals surface area contributed by atoms with Crippen molar-refractivity contribution in [3.05, 3.63) is 79.1 Å². The molecule has 4 aromatic rings. The molecule has 0 fully saturated rings. The molecule has 6 nitrogen and oxygen atoms in total. The third-order valence-corrected chi connectivity index (χ3v) is 5.95. The first-order valence-corrected chi connectivity index (χ1v) is 10.3. The lowest BCUT2D eigenvalue weighted by atomic mass is 10.1. The van der Waals surface area contributed by atoms with Crippen LogP contribution in [0.15, 0.2) is 84.0 Å². The van der Waals surface area contributed by atoms with Crippen LogP contribution in [0.3, 0.4) is 0 Å². The van der Waals surface area contributed by atoms with E-state index in [0.717, 1.165) is 28.2 Å². The fraction of sp³-hybridized carbons (Fsp3) is 0. The van der Waals surface area contributed by atoms with Crippen molar-refractivity contribution in [3.8, 4) is 22.5 Å². The zero-order valence-corrected chi connectivity index (χ0v) is 15.6. The van der Waals surface area contributed by atoms with Gasteiger partial charge in [0, 0.05) is 29.5 Å². The SMILES string of the molecule is O=S(=O)(Nc1nc(-c2cccnc2)ns1)c1ccc(-c2ccccc2)cc1. The first kappa shape index (κ1) is 17.3. The minimum Gasteiger partial charge on any atom is -0.264 e. The molecule has 0 amide bonds. The molecule has 134 valence electrons. The minimum atomic E-state index is -3.74. The van der Waals surface area contributed by atoms with Gasteiger partial charge in [-0.3, -0.25) is 9.71 Å². The van der Waals surface area contributed by atoms with Crippen molar-refractivity contribution < 1.29 is 8.42 Å². The summed E-state index contributed by atoms with van der Waals surface area (Å²) in [5, 5.41) is 0.209. The molecule has 27 heavy (non-hydrogen) atoms. The Kier molecular flexibility index (Phi) is 4.66. The number of pyridine rings is 1. The van der Waals surface area contributed by atoms with Crippen LogP contribution in [0.1, 0.15) is 0 Å². The molecule has 2 aromatic carbocycles. The number of benzene rings is 2. The zero-order chi connectivity index (χ0) is 18.7. The number of nitrogens with zero attached hydrogens (tertiary/aromatic N) is 3. The Balaban J connectivity index is 1.55. The smallest absolute Gasteiger partial charge is 0.263 e. The van der Waals surface area contributed by atoms with Gasteiger partial charge in [0.2, 0.25) is 5.13 Å². The number of hydrogen-bond donors (Lipinski definition) is 1. The summed E-state index contributed by atoms with van der Waals surface area (Å²) in [5.74, 6) is 0.435. The maximum absolute atomic E-state index is 12.6. The molecule has 4 rings (SSSR count). The highest BCUT2D eigenvalue weighted by atomic mass is 32.2. The highest BCUT2D eigenvalue weighted by Gasteiger charge is 2.17. The van der Waals surface area contributed by atoms with Gasteiger partial charge in [-0.1, -0.05) is 42.5 Å². The van der Waals surface area contributed by atoms with Crippen molar-refractivity contribution in [1.29, 1.82) is 0 Å². The molecule has 0 aliphatic rings. The Hall–Kier alpha value is -3.10. The van der Waals surface area contributed by atoms with Crippen molar-refractivity contribution >= 4 is 26.7 Å². The first-order chi connectivity index (χ1) is 13.1. The molecule has 0 atom stereocenters. The number of anilines is 1. The topological polar surface area (TPSA) is 84.8 Å². The van der Waals surface area contributed by atoms with E-state index in [9.17, 15) is 8.42 Å². The molecule has 0 unspecified atom stereocenters.